The van der Waals surface area contributed by atoms with Crippen LogP contribution in [0.1, 0.15) is 42.3 Å². The summed E-state index contributed by atoms with van der Waals surface area (Å²) in [4.78, 5) is 22.3. The average molecular weight is 595 g/mol. The first-order valence-corrected chi connectivity index (χ1v) is 14.8. The predicted octanol–water partition coefficient (Wildman–Crippen LogP) is 4.34. The number of nitrogens with one attached hydrogen (secondary N) is 2. The number of anilines is 1. The van der Waals surface area contributed by atoms with Crippen molar-refractivity contribution in [2.24, 2.45) is 0 Å². The number of hydrogen-bond donors (Lipinski definition) is 4. The number of aromatic carboxylic acids is 1. The van der Waals surface area contributed by atoms with E-state index in [1.165, 1.54) is 17.0 Å². The maximum absolute atomic E-state index is 12.6. The second-order valence-electron chi connectivity index (χ2n) is 10.7. The van der Waals surface area contributed by atoms with E-state index in [-0.39, 0.29) is 22.5 Å². The molecule has 0 aliphatic heterocycles. The Bertz CT molecular complexity index is 1600. The van der Waals surface area contributed by atoms with E-state index >= 15 is 0 Å². The first-order chi connectivity index (χ1) is 19.8. The van der Waals surface area contributed by atoms with Crippen molar-refractivity contribution < 1.29 is 28.2 Å². The van der Waals surface area contributed by atoms with E-state index < -0.39 is 22.1 Å². The molecule has 1 aromatic heterocycles. The highest BCUT2D eigenvalue weighted by molar-refractivity contribution is 7.92. The number of nitrogens with zero attached hydrogens (tertiary/aromatic N) is 2. The molecule has 0 fully saturated rings. The van der Waals surface area contributed by atoms with Gasteiger partial charge in [0.05, 0.1) is 16.6 Å². The highest BCUT2D eigenvalue weighted by Crippen LogP contribution is 2.23. The summed E-state index contributed by atoms with van der Waals surface area (Å²) in [7, 11) is -0.346. The molecule has 0 spiro atoms. The number of carbonyl (C=O) groups excluding carboxylic acids is 1. The van der Waals surface area contributed by atoms with Crippen LogP contribution in [0.25, 0.3) is 10.9 Å². The van der Waals surface area contributed by atoms with Crippen molar-refractivity contribution >= 4 is 39.0 Å². The minimum absolute atomic E-state index is 0.169. The van der Waals surface area contributed by atoms with Crippen LogP contribution in [0.3, 0.4) is 0 Å². The third-order valence-corrected chi connectivity index (χ3v) is 7.95. The Morgan fingerprint density at radius 1 is 1.02 bits per heavy atom. The van der Waals surface area contributed by atoms with Gasteiger partial charge in [0, 0.05) is 55.5 Å². The molecule has 1 unspecified atom stereocenters. The van der Waals surface area contributed by atoms with E-state index in [0.717, 1.165) is 23.7 Å². The lowest BCUT2D eigenvalue weighted by molar-refractivity contribution is -0.115. The van der Waals surface area contributed by atoms with Gasteiger partial charge in [-0.1, -0.05) is 30.3 Å². The zero-order valence-electron chi connectivity index (χ0n) is 24.2. The van der Waals surface area contributed by atoms with Crippen molar-refractivity contribution in [1.82, 2.24) is 14.8 Å². The highest BCUT2D eigenvalue weighted by Gasteiger charge is 2.20. The lowest BCUT2D eigenvalue weighted by atomic mass is 9.99. The van der Waals surface area contributed by atoms with Crippen LogP contribution in [-0.2, 0) is 21.4 Å². The van der Waals surface area contributed by atoms with E-state index in [9.17, 15) is 28.2 Å². The summed E-state index contributed by atoms with van der Waals surface area (Å²) >= 11 is 0. The molecular weight excluding hydrogens is 556 g/mol. The van der Waals surface area contributed by atoms with Crippen LogP contribution in [0, 0.1) is 0 Å². The number of rotatable bonds is 12. The SMILES string of the molecule is CC(C)(CCn1ccc2cc(C(=O)O)ccc21)NCC(O)c1cccc(NS(=O)(=O)c2ccccc2)c1.CN(C)C=O. The van der Waals surface area contributed by atoms with Crippen molar-refractivity contribution in [2.75, 3.05) is 25.4 Å². The summed E-state index contributed by atoms with van der Waals surface area (Å²) in [5.41, 5.74) is 1.91. The molecule has 4 rings (SSSR count). The van der Waals surface area contributed by atoms with Gasteiger partial charge in [-0.3, -0.25) is 9.52 Å². The molecule has 11 heteroatoms. The van der Waals surface area contributed by atoms with Crippen molar-refractivity contribution in [1.29, 1.82) is 0 Å². The third kappa shape index (κ3) is 9.16. The maximum atomic E-state index is 12.6. The van der Waals surface area contributed by atoms with E-state index in [1.54, 1.807) is 68.7 Å². The number of aromatic nitrogens is 1. The molecule has 0 radical (unpaired) electrons. The van der Waals surface area contributed by atoms with E-state index in [1.807, 2.05) is 18.3 Å². The zero-order valence-corrected chi connectivity index (χ0v) is 25.0. The Kier molecular flexibility index (Phi) is 10.9. The smallest absolute Gasteiger partial charge is 0.335 e. The largest absolute Gasteiger partial charge is 0.478 e. The summed E-state index contributed by atoms with van der Waals surface area (Å²) in [5, 5.41) is 24.3. The summed E-state index contributed by atoms with van der Waals surface area (Å²) < 4.78 is 29.9. The Labute approximate surface area is 246 Å². The zero-order chi connectivity index (χ0) is 30.9. The van der Waals surface area contributed by atoms with Gasteiger partial charge in [0.15, 0.2) is 0 Å². The fraction of sp³-hybridized carbons (Fsp3) is 0.290. The van der Waals surface area contributed by atoms with Gasteiger partial charge < -0.3 is 25.0 Å². The summed E-state index contributed by atoms with van der Waals surface area (Å²) in [6, 6.07) is 21.9. The topological polar surface area (TPSA) is 141 Å². The normalized spacial score (nSPS) is 12.2. The second kappa shape index (κ2) is 14.1. The number of carboxylic acids is 1. The lowest BCUT2D eigenvalue weighted by Gasteiger charge is -2.28. The first kappa shape index (κ1) is 32.3. The molecule has 3 aromatic carbocycles. The average Bonchev–Trinajstić information content (AvgIpc) is 3.38. The number of aliphatic hydroxyl groups is 1. The molecular formula is C31H38N4O6S. The summed E-state index contributed by atoms with van der Waals surface area (Å²) in [6.45, 7) is 5.11. The number of carbonyl (C=O) groups is 2. The van der Waals surface area contributed by atoms with Crippen LogP contribution in [-0.4, -0.2) is 66.7 Å². The standard InChI is InChI=1S/C28H31N3O5S.C3H7NO/c1-28(2,14-16-31-15-13-20-17-22(27(33)34)11-12-25(20)31)29-19-26(32)21-7-6-8-23(18-21)30-37(35,36)24-9-4-3-5-10-24;1-4(2)3-5/h3-13,15,17-18,26,29-30,32H,14,16,19H2,1-2H3,(H,33,34);3H,1-2H3. The quantitative estimate of drug-likeness (QED) is 0.179. The molecule has 0 aliphatic rings. The van der Waals surface area contributed by atoms with Gasteiger partial charge >= 0.3 is 5.97 Å². The number of fused-ring (bicyclic) bond motifs is 1. The Hall–Kier alpha value is -4.19. The molecule has 4 aromatic rings. The molecule has 0 saturated heterocycles. The van der Waals surface area contributed by atoms with E-state index in [0.29, 0.717) is 17.8 Å². The monoisotopic (exact) mass is 594 g/mol. The highest BCUT2D eigenvalue weighted by atomic mass is 32.2. The van der Waals surface area contributed by atoms with Crippen molar-refractivity contribution in [2.45, 2.75) is 43.4 Å². The number of amides is 1. The minimum Gasteiger partial charge on any atom is -0.478 e. The van der Waals surface area contributed by atoms with Crippen molar-refractivity contribution in [3.05, 3.63) is 96.2 Å². The third-order valence-electron chi connectivity index (χ3n) is 6.56. The summed E-state index contributed by atoms with van der Waals surface area (Å²) in [6.07, 6.45) is 2.63. The van der Waals surface area contributed by atoms with Gasteiger partial charge in [0.1, 0.15) is 0 Å². The molecule has 4 N–H and O–H groups in total. The van der Waals surface area contributed by atoms with Crippen molar-refractivity contribution in [3.63, 3.8) is 0 Å². The molecule has 1 heterocycles. The molecule has 1 amide bonds. The van der Waals surface area contributed by atoms with Gasteiger partial charge in [-0.2, -0.15) is 0 Å². The van der Waals surface area contributed by atoms with Crippen LogP contribution in [0.4, 0.5) is 5.69 Å². The lowest BCUT2D eigenvalue weighted by Crippen LogP contribution is -2.42. The van der Waals surface area contributed by atoms with Crippen LogP contribution in [0.2, 0.25) is 0 Å². The number of β-amino-alcohol motifs (C(OH)–C–C–N with tert-alkyl or cyclic N) is 1. The van der Waals surface area contributed by atoms with Crippen LogP contribution >= 0.6 is 0 Å². The Balaban J connectivity index is 0.000000892. The second-order valence-corrected chi connectivity index (χ2v) is 12.4. The van der Waals surface area contributed by atoms with E-state index in [2.05, 4.69) is 28.5 Å². The van der Waals surface area contributed by atoms with Gasteiger partial charge in [-0.15, -0.1) is 0 Å². The fourth-order valence-electron chi connectivity index (χ4n) is 4.13. The number of sulfonamides is 1. The van der Waals surface area contributed by atoms with Gasteiger partial charge in [-0.25, -0.2) is 13.2 Å². The first-order valence-electron chi connectivity index (χ1n) is 13.4. The fourth-order valence-corrected chi connectivity index (χ4v) is 5.20. The molecule has 224 valence electrons. The Morgan fingerprint density at radius 3 is 2.36 bits per heavy atom. The molecule has 42 heavy (non-hydrogen) atoms. The minimum atomic E-state index is -3.72. The summed E-state index contributed by atoms with van der Waals surface area (Å²) in [5.74, 6) is -0.947. The van der Waals surface area contributed by atoms with Crippen LogP contribution in [0.5, 0.6) is 0 Å². The number of aryl methyl sites for hydroxylation is 1. The molecule has 1 atom stereocenters. The number of carboxylic acid groups (broad SMARTS) is 1. The van der Waals surface area contributed by atoms with E-state index in [4.69, 9.17) is 0 Å². The Morgan fingerprint density at radius 2 is 1.71 bits per heavy atom. The van der Waals surface area contributed by atoms with Gasteiger partial charge in [0.25, 0.3) is 10.0 Å². The van der Waals surface area contributed by atoms with Crippen LogP contribution < -0.4 is 10.0 Å². The number of aliphatic hydroxyl groups excluding tert-OH is 1. The number of benzene rings is 3. The molecule has 0 aliphatic carbocycles. The van der Waals surface area contributed by atoms with Gasteiger partial charge in [-0.05, 0) is 74.4 Å². The maximum Gasteiger partial charge on any atom is 0.335 e. The molecule has 0 bridgehead atoms. The van der Waals surface area contributed by atoms with Gasteiger partial charge in [0.2, 0.25) is 6.41 Å². The molecule has 0 saturated carbocycles. The number of hydrogen-bond acceptors (Lipinski definition) is 6. The van der Waals surface area contributed by atoms with Crippen molar-refractivity contribution in [3.8, 4) is 0 Å². The predicted molar refractivity (Wildman–Crippen MR) is 164 cm³/mol. The molecule has 10 nitrogen and oxygen atoms in total. The van der Waals surface area contributed by atoms with Crippen LogP contribution in [0.15, 0.2) is 90.0 Å².